The van der Waals surface area contributed by atoms with Gasteiger partial charge < -0.3 is 24.2 Å². The Labute approximate surface area is 163 Å². The van der Waals surface area contributed by atoms with Crippen molar-refractivity contribution in [3.8, 4) is 11.5 Å². The van der Waals surface area contributed by atoms with Crippen LogP contribution in [0.1, 0.15) is 23.2 Å². The van der Waals surface area contributed by atoms with E-state index in [2.05, 4.69) is 0 Å². The molecule has 0 aromatic heterocycles. The number of carboxylic acids is 1. The number of nitrogens with zero attached hydrogens (tertiary/aromatic N) is 1. The van der Waals surface area contributed by atoms with Gasteiger partial charge in [0.2, 0.25) is 0 Å². The minimum Gasteiger partial charge on any atom is -0.490 e. The zero-order chi connectivity index (χ0) is 19.9. The molecule has 1 heterocycles. The van der Waals surface area contributed by atoms with E-state index in [-0.39, 0.29) is 12.0 Å². The molecule has 2 aromatic rings. The average Bonchev–Trinajstić information content (AvgIpc) is 2.73. The Morgan fingerprint density at radius 2 is 1.64 bits per heavy atom. The van der Waals surface area contributed by atoms with E-state index in [1.807, 2.05) is 0 Å². The van der Waals surface area contributed by atoms with Crippen molar-refractivity contribution in [1.82, 2.24) is 0 Å². The summed E-state index contributed by atoms with van der Waals surface area (Å²) >= 11 is 0. The van der Waals surface area contributed by atoms with Gasteiger partial charge in [-0.2, -0.15) is 0 Å². The van der Waals surface area contributed by atoms with E-state index in [4.69, 9.17) is 19.3 Å². The second kappa shape index (κ2) is 9.23. The van der Waals surface area contributed by atoms with Crippen molar-refractivity contribution in [3.63, 3.8) is 0 Å². The fourth-order valence-corrected chi connectivity index (χ4v) is 2.88. The molecule has 148 valence electrons. The standard InChI is InChI=1S/C21H23NO6/c1-22(16-4-8-17(9-5-16)27-14-20(23)24)21(25)15-2-6-18(7-3-15)28-19-10-12-26-13-11-19/h2-9,19H,10-14H2,1H3,(H,23,24). The summed E-state index contributed by atoms with van der Waals surface area (Å²) < 4.78 is 16.3. The third kappa shape index (κ3) is 5.23. The highest BCUT2D eigenvalue weighted by molar-refractivity contribution is 6.05. The van der Waals surface area contributed by atoms with Gasteiger partial charge in [0.25, 0.3) is 5.91 Å². The number of hydrogen-bond donors (Lipinski definition) is 1. The van der Waals surface area contributed by atoms with Crippen LogP contribution in [0, 0.1) is 0 Å². The molecule has 0 spiro atoms. The van der Waals surface area contributed by atoms with Gasteiger partial charge in [-0.25, -0.2) is 4.79 Å². The lowest BCUT2D eigenvalue weighted by Crippen LogP contribution is -2.27. The number of carbonyl (C=O) groups excluding carboxylic acids is 1. The predicted molar refractivity (Wildman–Crippen MR) is 103 cm³/mol. The normalized spacial score (nSPS) is 14.3. The lowest BCUT2D eigenvalue weighted by molar-refractivity contribution is -0.139. The zero-order valence-corrected chi connectivity index (χ0v) is 15.7. The Balaban J connectivity index is 1.60. The molecule has 1 amide bonds. The Morgan fingerprint density at radius 3 is 2.25 bits per heavy atom. The van der Waals surface area contributed by atoms with Gasteiger partial charge in [0.1, 0.15) is 17.6 Å². The fourth-order valence-electron chi connectivity index (χ4n) is 2.88. The lowest BCUT2D eigenvalue weighted by Gasteiger charge is -2.23. The molecule has 7 heteroatoms. The highest BCUT2D eigenvalue weighted by Crippen LogP contribution is 2.22. The van der Waals surface area contributed by atoms with Crippen LogP contribution < -0.4 is 14.4 Å². The van der Waals surface area contributed by atoms with E-state index in [0.717, 1.165) is 18.6 Å². The van der Waals surface area contributed by atoms with Crippen LogP contribution in [0.15, 0.2) is 48.5 Å². The van der Waals surface area contributed by atoms with Crippen LogP contribution in [0.3, 0.4) is 0 Å². The summed E-state index contributed by atoms with van der Waals surface area (Å²) in [5.74, 6) is -0.0231. The minimum atomic E-state index is -1.04. The summed E-state index contributed by atoms with van der Waals surface area (Å²) in [6.07, 6.45) is 1.89. The molecule has 0 radical (unpaired) electrons. The van der Waals surface area contributed by atoms with E-state index in [1.54, 1.807) is 55.6 Å². The van der Waals surface area contributed by atoms with Crippen LogP contribution in [0.4, 0.5) is 5.69 Å². The molecule has 0 unspecified atom stereocenters. The first-order valence-corrected chi connectivity index (χ1v) is 9.10. The number of ether oxygens (including phenoxy) is 3. The van der Waals surface area contributed by atoms with E-state index in [0.29, 0.717) is 30.2 Å². The molecule has 1 N–H and O–H groups in total. The molecule has 0 saturated carbocycles. The van der Waals surface area contributed by atoms with Crippen molar-refractivity contribution >= 4 is 17.6 Å². The van der Waals surface area contributed by atoms with Crippen LogP contribution in [0.5, 0.6) is 11.5 Å². The minimum absolute atomic E-state index is 0.153. The molecule has 0 bridgehead atoms. The molecule has 0 aliphatic carbocycles. The van der Waals surface area contributed by atoms with Crippen LogP contribution in [-0.4, -0.2) is 50.0 Å². The van der Waals surface area contributed by atoms with E-state index >= 15 is 0 Å². The molecule has 2 aromatic carbocycles. The van der Waals surface area contributed by atoms with Crippen LogP contribution in [0.2, 0.25) is 0 Å². The predicted octanol–water partition coefficient (Wildman–Crippen LogP) is 2.98. The van der Waals surface area contributed by atoms with Crippen molar-refractivity contribution in [3.05, 3.63) is 54.1 Å². The number of benzene rings is 2. The molecular weight excluding hydrogens is 362 g/mol. The molecule has 1 aliphatic rings. The first-order valence-electron chi connectivity index (χ1n) is 9.10. The van der Waals surface area contributed by atoms with Crippen LogP contribution in [0.25, 0.3) is 0 Å². The van der Waals surface area contributed by atoms with Gasteiger partial charge in [-0.3, -0.25) is 4.79 Å². The summed E-state index contributed by atoms with van der Waals surface area (Å²) in [5.41, 5.74) is 1.23. The highest BCUT2D eigenvalue weighted by Gasteiger charge is 2.17. The van der Waals surface area contributed by atoms with Gasteiger partial charge >= 0.3 is 5.97 Å². The SMILES string of the molecule is CN(C(=O)c1ccc(OC2CCOCC2)cc1)c1ccc(OCC(=O)O)cc1. The van der Waals surface area contributed by atoms with E-state index < -0.39 is 12.6 Å². The zero-order valence-electron chi connectivity index (χ0n) is 15.7. The molecule has 1 saturated heterocycles. The number of aliphatic carboxylic acids is 1. The van der Waals surface area contributed by atoms with Gasteiger partial charge in [-0.15, -0.1) is 0 Å². The number of carbonyl (C=O) groups is 2. The number of hydrogen-bond acceptors (Lipinski definition) is 5. The largest absolute Gasteiger partial charge is 0.490 e. The fraction of sp³-hybridized carbons (Fsp3) is 0.333. The molecule has 7 nitrogen and oxygen atoms in total. The Hall–Kier alpha value is -3.06. The van der Waals surface area contributed by atoms with Crippen molar-refractivity contribution in [2.24, 2.45) is 0 Å². The Morgan fingerprint density at radius 1 is 1.04 bits per heavy atom. The van der Waals surface area contributed by atoms with Gasteiger partial charge in [0.05, 0.1) is 13.2 Å². The molecule has 1 aliphatic heterocycles. The van der Waals surface area contributed by atoms with E-state index in [1.165, 1.54) is 4.90 Å². The second-order valence-electron chi connectivity index (χ2n) is 6.49. The summed E-state index contributed by atoms with van der Waals surface area (Å²) in [6.45, 7) is 1.02. The first-order chi connectivity index (χ1) is 13.5. The summed E-state index contributed by atoms with van der Waals surface area (Å²) in [5, 5.41) is 8.64. The second-order valence-corrected chi connectivity index (χ2v) is 6.49. The molecule has 1 fully saturated rings. The smallest absolute Gasteiger partial charge is 0.341 e. The third-order valence-corrected chi connectivity index (χ3v) is 4.46. The number of amides is 1. The molecule has 3 rings (SSSR count). The maximum absolute atomic E-state index is 12.7. The average molecular weight is 385 g/mol. The van der Waals surface area contributed by atoms with E-state index in [9.17, 15) is 9.59 Å². The van der Waals surface area contributed by atoms with Crippen molar-refractivity contribution < 1.29 is 28.9 Å². The van der Waals surface area contributed by atoms with Gasteiger partial charge in [0, 0.05) is 31.1 Å². The Kier molecular flexibility index (Phi) is 6.49. The van der Waals surface area contributed by atoms with Gasteiger partial charge in [0.15, 0.2) is 6.61 Å². The number of rotatable bonds is 7. The summed E-state index contributed by atoms with van der Waals surface area (Å²) in [7, 11) is 1.68. The van der Waals surface area contributed by atoms with Crippen LogP contribution in [-0.2, 0) is 9.53 Å². The summed E-state index contributed by atoms with van der Waals surface area (Å²) in [6, 6.07) is 13.8. The first kappa shape index (κ1) is 19.7. The topological polar surface area (TPSA) is 85.3 Å². The molecule has 28 heavy (non-hydrogen) atoms. The van der Waals surface area contributed by atoms with Gasteiger partial charge in [-0.1, -0.05) is 0 Å². The monoisotopic (exact) mass is 385 g/mol. The number of carboxylic acid groups (broad SMARTS) is 1. The Bertz CT molecular complexity index is 797. The lowest BCUT2D eigenvalue weighted by atomic mass is 10.1. The quantitative estimate of drug-likeness (QED) is 0.789. The summed E-state index contributed by atoms with van der Waals surface area (Å²) in [4.78, 5) is 24.8. The number of anilines is 1. The van der Waals surface area contributed by atoms with Crippen molar-refractivity contribution in [2.45, 2.75) is 18.9 Å². The van der Waals surface area contributed by atoms with Crippen molar-refractivity contribution in [2.75, 3.05) is 31.8 Å². The maximum atomic E-state index is 12.7. The van der Waals surface area contributed by atoms with Crippen LogP contribution >= 0.6 is 0 Å². The van der Waals surface area contributed by atoms with Crippen molar-refractivity contribution in [1.29, 1.82) is 0 Å². The maximum Gasteiger partial charge on any atom is 0.341 e. The van der Waals surface area contributed by atoms with Gasteiger partial charge in [-0.05, 0) is 48.5 Å². The highest BCUT2D eigenvalue weighted by atomic mass is 16.5. The molecular formula is C21H23NO6. The third-order valence-electron chi connectivity index (χ3n) is 4.46. The molecule has 0 atom stereocenters.